The van der Waals surface area contributed by atoms with Gasteiger partial charge in [0.2, 0.25) is 11.8 Å². The Hall–Kier alpha value is -2.90. The number of esters is 1. The minimum absolute atomic E-state index is 0.0648. The molecule has 0 saturated carbocycles. The highest BCUT2D eigenvalue weighted by molar-refractivity contribution is 6.11. The highest BCUT2D eigenvalue weighted by Crippen LogP contribution is 2.29. The number of anilines is 2. The van der Waals surface area contributed by atoms with Gasteiger partial charge in [-0.3, -0.25) is 24.1 Å². The number of fused-ring (bicyclic) bond motifs is 1. The molecule has 1 saturated heterocycles. The minimum atomic E-state index is -1.06. The summed E-state index contributed by atoms with van der Waals surface area (Å²) in [4.78, 5) is 51.6. The van der Waals surface area contributed by atoms with Crippen molar-refractivity contribution < 1.29 is 23.9 Å². The highest BCUT2D eigenvalue weighted by Gasteiger charge is 2.31. The maximum absolute atomic E-state index is 12.7. The number of carbonyl (C=O) groups excluding carboxylic acids is 4. The molecule has 8 nitrogen and oxygen atoms in total. The molecule has 1 fully saturated rings. The number of amides is 3. The van der Waals surface area contributed by atoms with Crippen LogP contribution in [0, 0.1) is 0 Å². The van der Waals surface area contributed by atoms with Gasteiger partial charge in [0.15, 0.2) is 6.10 Å². The first kappa shape index (κ1) is 18.9. The van der Waals surface area contributed by atoms with Gasteiger partial charge in [-0.05, 0) is 31.9 Å². The summed E-state index contributed by atoms with van der Waals surface area (Å²) in [5.74, 6) is -1.48. The molecule has 0 unspecified atom stereocenters. The molecule has 2 heterocycles. The SMILES string of the molecule is C[C@@H](OC(=O)CN1CCCCCC1=O)C(=O)N1CC(=O)Nc2ccccc21. The van der Waals surface area contributed by atoms with Crippen molar-refractivity contribution in [2.45, 2.75) is 38.7 Å². The molecule has 1 N–H and O–H groups in total. The summed E-state index contributed by atoms with van der Waals surface area (Å²) in [6.45, 7) is 1.70. The zero-order valence-electron chi connectivity index (χ0n) is 15.3. The lowest BCUT2D eigenvalue weighted by Crippen LogP contribution is -2.47. The molecule has 0 radical (unpaired) electrons. The summed E-state index contributed by atoms with van der Waals surface area (Å²) >= 11 is 0. The zero-order valence-corrected chi connectivity index (χ0v) is 15.3. The van der Waals surface area contributed by atoms with Gasteiger partial charge >= 0.3 is 5.97 Å². The Morgan fingerprint density at radius 2 is 1.96 bits per heavy atom. The molecule has 27 heavy (non-hydrogen) atoms. The first-order valence-corrected chi connectivity index (χ1v) is 9.13. The number of ether oxygens (including phenoxy) is 1. The van der Waals surface area contributed by atoms with Crippen molar-refractivity contribution in [3.05, 3.63) is 24.3 Å². The molecule has 0 bridgehead atoms. The van der Waals surface area contributed by atoms with Crippen LogP contribution >= 0.6 is 0 Å². The van der Waals surface area contributed by atoms with Gasteiger partial charge < -0.3 is 15.0 Å². The number of likely N-dealkylation sites (tertiary alicyclic amines) is 1. The summed E-state index contributed by atoms with van der Waals surface area (Å²) in [5.41, 5.74) is 1.10. The maximum Gasteiger partial charge on any atom is 0.326 e. The molecule has 8 heteroatoms. The lowest BCUT2D eigenvalue weighted by Gasteiger charge is -2.31. The van der Waals surface area contributed by atoms with Crippen LogP contribution in [0.4, 0.5) is 11.4 Å². The second kappa shape index (κ2) is 8.20. The molecule has 2 aliphatic heterocycles. The predicted molar refractivity (Wildman–Crippen MR) is 98.0 cm³/mol. The largest absolute Gasteiger partial charge is 0.451 e. The summed E-state index contributed by atoms with van der Waals surface area (Å²) in [6, 6.07) is 6.94. The number of nitrogens with one attached hydrogen (secondary N) is 1. The Balaban J connectivity index is 1.63. The monoisotopic (exact) mass is 373 g/mol. The molecule has 1 aromatic carbocycles. The number of nitrogens with zero attached hydrogens (tertiary/aromatic N) is 2. The fraction of sp³-hybridized carbons (Fsp3) is 0.474. The van der Waals surface area contributed by atoms with Crippen molar-refractivity contribution >= 4 is 35.1 Å². The Morgan fingerprint density at radius 3 is 2.78 bits per heavy atom. The van der Waals surface area contributed by atoms with Gasteiger partial charge in [0.05, 0.1) is 11.4 Å². The lowest BCUT2D eigenvalue weighted by atomic mass is 10.1. The van der Waals surface area contributed by atoms with Crippen molar-refractivity contribution in [1.29, 1.82) is 0 Å². The summed E-state index contributed by atoms with van der Waals surface area (Å²) in [5, 5.41) is 2.70. The van der Waals surface area contributed by atoms with Crippen LogP contribution < -0.4 is 10.2 Å². The van der Waals surface area contributed by atoms with E-state index in [0.29, 0.717) is 24.3 Å². The third-order valence-electron chi connectivity index (χ3n) is 4.68. The van der Waals surface area contributed by atoms with E-state index in [1.54, 1.807) is 24.3 Å². The van der Waals surface area contributed by atoms with E-state index in [1.165, 1.54) is 16.7 Å². The molecule has 144 valence electrons. The minimum Gasteiger partial charge on any atom is -0.451 e. The van der Waals surface area contributed by atoms with Crippen molar-refractivity contribution in [2.75, 3.05) is 29.9 Å². The van der Waals surface area contributed by atoms with E-state index in [4.69, 9.17) is 4.74 Å². The number of hydrogen-bond acceptors (Lipinski definition) is 5. The Labute approximate surface area is 157 Å². The standard InChI is InChI=1S/C19H23N3O5/c1-13(27-18(25)12-21-10-6-2-3-9-17(21)24)19(26)22-11-16(23)20-14-7-4-5-8-15(14)22/h4-5,7-8,13H,2-3,6,9-12H2,1H3,(H,20,23)/t13-/m1/s1. The molecule has 0 aliphatic carbocycles. The van der Waals surface area contributed by atoms with Gasteiger partial charge in [0.25, 0.3) is 5.91 Å². The summed E-state index contributed by atoms with van der Waals surface area (Å²) < 4.78 is 5.25. The molecule has 1 aromatic rings. The van der Waals surface area contributed by atoms with Crippen LogP contribution in [0.5, 0.6) is 0 Å². The van der Waals surface area contributed by atoms with E-state index in [0.717, 1.165) is 19.3 Å². The smallest absolute Gasteiger partial charge is 0.326 e. The fourth-order valence-corrected chi connectivity index (χ4v) is 3.30. The molecule has 1 atom stereocenters. The fourth-order valence-electron chi connectivity index (χ4n) is 3.30. The van der Waals surface area contributed by atoms with E-state index in [2.05, 4.69) is 5.32 Å². The van der Waals surface area contributed by atoms with Crippen molar-refractivity contribution in [3.63, 3.8) is 0 Å². The third-order valence-corrected chi connectivity index (χ3v) is 4.68. The van der Waals surface area contributed by atoms with Crippen LogP contribution in [0.1, 0.15) is 32.6 Å². The predicted octanol–water partition coefficient (Wildman–Crippen LogP) is 1.31. The molecule has 3 amide bonds. The first-order valence-electron chi connectivity index (χ1n) is 9.13. The van der Waals surface area contributed by atoms with Crippen molar-refractivity contribution in [2.24, 2.45) is 0 Å². The first-order chi connectivity index (χ1) is 13.0. The van der Waals surface area contributed by atoms with E-state index < -0.39 is 18.0 Å². The van der Waals surface area contributed by atoms with Gasteiger partial charge in [-0.15, -0.1) is 0 Å². The summed E-state index contributed by atoms with van der Waals surface area (Å²) in [6.07, 6.45) is 2.02. The number of para-hydroxylation sites is 2. The lowest BCUT2D eigenvalue weighted by molar-refractivity contribution is -0.157. The topological polar surface area (TPSA) is 96.0 Å². The molecular formula is C19H23N3O5. The Morgan fingerprint density at radius 1 is 1.19 bits per heavy atom. The summed E-state index contributed by atoms with van der Waals surface area (Å²) in [7, 11) is 0. The van der Waals surface area contributed by atoms with Crippen LogP contribution in [0.3, 0.4) is 0 Å². The number of rotatable bonds is 4. The molecule has 2 aliphatic rings. The van der Waals surface area contributed by atoms with E-state index in [1.807, 2.05) is 0 Å². The average Bonchev–Trinajstić information content (AvgIpc) is 2.84. The maximum atomic E-state index is 12.7. The van der Waals surface area contributed by atoms with Crippen LogP contribution in [0.2, 0.25) is 0 Å². The van der Waals surface area contributed by atoms with Gasteiger partial charge in [-0.25, -0.2) is 0 Å². The average molecular weight is 373 g/mol. The number of carbonyl (C=O) groups is 4. The third kappa shape index (κ3) is 4.45. The molecular weight excluding hydrogens is 350 g/mol. The van der Waals surface area contributed by atoms with Gasteiger partial charge in [0, 0.05) is 13.0 Å². The van der Waals surface area contributed by atoms with Gasteiger partial charge in [0.1, 0.15) is 13.1 Å². The highest BCUT2D eigenvalue weighted by atomic mass is 16.5. The Bertz CT molecular complexity index is 763. The molecule has 0 aromatic heterocycles. The zero-order chi connectivity index (χ0) is 19.4. The Kier molecular flexibility index (Phi) is 5.73. The van der Waals surface area contributed by atoms with E-state index >= 15 is 0 Å². The quantitative estimate of drug-likeness (QED) is 0.803. The van der Waals surface area contributed by atoms with Crippen LogP contribution in [-0.4, -0.2) is 54.3 Å². The normalized spacial score (nSPS) is 18.3. The number of benzene rings is 1. The molecule has 3 rings (SSSR count). The van der Waals surface area contributed by atoms with Gasteiger partial charge in [-0.1, -0.05) is 18.6 Å². The van der Waals surface area contributed by atoms with Gasteiger partial charge in [-0.2, -0.15) is 0 Å². The van der Waals surface area contributed by atoms with Crippen LogP contribution in [-0.2, 0) is 23.9 Å². The van der Waals surface area contributed by atoms with E-state index in [-0.39, 0.29) is 24.9 Å². The second-order valence-electron chi connectivity index (χ2n) is 6.75. The van der Waals surface area contributed by atoms with Crippen molar-refractivity contribution in [3.8, 4) is 0 Å². The molecule has 0 spiro atoms. The second-order valence-corrected chi connectivity index (χ2v) is 6.75. The number of hydrogen-bond donors (Lipinski definition) is 1. The van der Waals surface area contributed by atoms with Crippen LogP contribution in [0.25, 0.3) is 0 Å². The van der Waals surface area contributed by atoms with Crippen molar-refractivity contribution in [1.82, 2.24) is 4.90 Å². The van der Waals surface area contributed by atoms with Crippen LogP contribution in [0.15, 0.2) is 24.3 Å². The van der Waals surface area contributed by atoms with E-state index in [9.17, 15) is 19.2 Å².